The molecular formula is C13H19ClN2OS. The molecule has 2 heterocycles. The molecule has 0 bridgehead atoms. The smallest absolute Gasteiger partial charge is 0.240 e. The molecule has 1 fully saturated rings. The number of piperidine rings is 1. The molecule has 1 saturated heterocycles. The van der Waals surface area contributed by atoms with Gasteiger partial charge in [0.05, 0.1) is 16.9 Å². The van der Waals surface area contributed by atoms with Gasteiger partial charge in [0.2, 0.25) is 5.91 Å². The molecule has 1 N–H and O–H groups in total. The van der Waals surface area contributed by atoms with E-state index in [4.69, 9.17) is 11.6 Å². The number of rotatable bonds is 4. The minimum absolute atomic E-state index is 0.00846. The number of nitrogens with zero attached hydrogens (tertiary/aromatic N) is 1. The zero-order valence-electron chi connectivity index (χ0n) is 10.6. The number of thiophene rings is 1. The number of carbonyl (C=O) groups is 1. The predicted molar refractivity (Wildman–Crippen MR) is 76.1 cm³/mol. The van der Waals surface area contributed by atoms with Crippen LogP contribution in [0.25, 0.3) is 0 Å². The second kappa shape index (κ2) is 6.55. The van der Waals surface area contributed by atoms with Gasteiger partial charge in [-0.1, -0.05) is 18.0 Å². The van der Waals surface area contributed by atoms with Gasteiger partial charge in [0.1, 0.15) is 0 Å². The summed E-state index contributed by atoms with van der Waals surface area (Å²) in [7, 11) is 0. The van der Waals surface area contributed by atoms with Crippen molar-refractivity contribution in [3.05, 3.63) is 21.3 Å². The molecule has 3 nitrogen and oxygen atoms in total. The van der Waals surface area contributed by atoms with E-state index in [1.807, 2.05) is 24.0 Å². The van der Waals surface area contributed by atoms with Gasteiger partial charge in [-0.3, -0.25) is 4.79 Å². The highest BCUT2D eigenvalue weighted by molar-refractivity contribution is 7.16. The van der Waals surface area contributed by atoms with E-state index in [0.717, 1.165) is 35.1 Å². The van der Waals surface area contributed by atoms with Crippen LogP contribution in [0.2, 0.25) is 4.34 Å². The van der Waals surface area contributed by atoms with E-state index in [1.165, 1.54) is 6.42 Å². The zero-order valence-corrected chi connectivity index (χ0v) is 12.2. The first kappa shape index (κ1) is 13.8. The highest BCUT2D eigenvalue weighted by atomic mass is 35.5. The summed E-state index contributed by atoms with van der Waals surface area (Å²) in [6, 6.07) is 3.89. The second-order valence-corrected chi connectivity index (χ2v) is 6.36. The number of nitrogens with one attached hydrogen (secondary N) is 1. The van der Waals surface area contributed by atoms with Crippen molar-refractivity contribution in [2.24, 2.45) is 0 Å². The van der Waals surface area contributed by atoms with Gasteiger partial charge < -0.3 is 10.2 Å². The van der Waals surface area contributed by atoms with E-state index in [-0.39, 0.29) is 11.9 Å². The third-order valence-corrected chi connectivity index (χ3v) is 4.49. The monoisotopic (exact) mass is 286 g/mol. The van der Waals surface area contributed by atoms with Crippen LogP contribution in [0.1, 0.15) is 31.1 Å². The van der Waals surface area contributed by atoms with Gasteiger partial charge in [-0.25, -0.2) is 0 Å². The van der Waals surface area contributed by atoms with Crippen molar-refractivity contribution >= 4 is 28.8 Å². The van der Waals surface area contributed by atoms with Crippen LogP contribution in [-0.2, 0) is 11.3 Å². The van der Waals surface area contributed by atoms with E-state index in [0.29, 0.717) is 6.54 Å². The fourth-order valence-electron chi connectivity index (χ4n) is 2.25. The van der Waals surface area contributed by atoms with Crippen LogP contribution in [0.5, 0.6) is 0 Å². The summed E-state index contributed by atoms with van der Waals surface area (Å²) in [4.78, 5) is 15.4. The van der Waals surface area contributed by atoms with Gasteiger partial charge in [0.15, 0.2) is 0 Å². The van der Waals surface area contributed by atoms with Crippen LogP contribution in [0, 0.1) is 0 Å². The highest BCUT2D eigenvalue weighted by Crippen LogP contribution is 2.23. The fourth-order valence-corrected chi connectivity index (χ4v) is 3.36. The van der Waals surface area contributed by atoms with Crippen molar-refractivity contribution in [3.8, 4) is 0 Å². The first-order valence-electron chi connectivity index (χ1n) is 6.47. The number of hydrogen-bond acceptors (Lipinski definition) is 3. The summed E-state index contributed by atoms with van der Waals surface area (Å²) >= 11 is 7.46. The molecule has 0 saturated carbocycles. The summed E-state index contributed by atoms with van der Waals surface area (Å²) < 4.78 is 0.782. The molecule has 5 heteroatoms. The Morgan fingerprint density at radius 2 is 2.39 bits per heavy atom. The lowest BCUT2D eigenvalue weighted by Crippen LogP contribution is -2.48. The largest absolute Gasteiger partial charge is 0.336 e. The molecule has 100 valence electrons. The lowest BCUT2D eigenvalue weighted by molar-refractivity contribution is -0.134. The third-order valence-electron chi connectivity index (χ3n) is 3.28. The van der Waals surface area contributed by atoms with Crippen molar-refractivity contribution in [1.29, 1.82) is 0 Å². The van der Waals surface area contributed by atoms with E-state index in [9.17, 15) is 4.79 Å². The SMILES string of the molecule is CCN(Cc1ccc(Cl)s1)C(=O)[C@@H]1CCCCN1. The maximum absolute atomic E-state index is 12.4. The minimum atomic E-state index is 0.00846. The number of halogens is 1. The van der Waals surface area contributed by atoms with Crippen LogP contribution in [0.15, 0.2) is 12.1 Å². The van der Waals surface area contributed by atoms with Crippen LogP contribution in [0.4, 0.5) is 0 Å². The van der Waals surface area contributed by atoms with Gasteiger partial charge >= 0.3 is 0 Å². The van der Waals surface area contributed by atoms with Crippen molar-refractivity contribution in [1.82, 2.24) is 10.2 Å². The summed E-state index contributed by atoms with van der Waals surface area (Å²) in [6.45, 7) is 4.40. The molecule has 0 unspecified atom stereocenters. The Kier molecular flexibility index (Phi) is 5.03. The lowest BCUT2D eigenvalue weighted by atomic mass is 10.0. The lowest BCUT2D eigenvalue weighted by Gasteiger charge is -2.29. The maximum Gasteiger partial charge on any atom is 0.240 e. The summed E-state index contributed by atoms with van der Waals surface area (Å²) in [5.74, 6) is 0.224. The van der Waals surface area contributed by atoms with Crippen molar-refractivity contribution in [3.63, 3.8) is 0 Å². The summed E-state index contributed by atoms with van der Waals surface area (Å²) in [5.41, 5.74) is 0. The Morgan fingerprint density at radius 1 is 1.56 bits per heavy atom. The third kappa shape index (κ3) is 3.46. The molecule has 1 aromatic rings. The number of carbonyl (C=O) groups excluding carboxylic acids is 1. The Labute approximate surface area is 117 Å². The van der Waals surface area contributed by atoms with Gasteiger partial charge in [-0.15, -0.1) is 11.3 Å². The van der Waals surface area contributed by atoms with Crippen LogP contribution >= 0.6 is 22.9 Å². The second-order valence-electron chi connectivity index (χ2n) is 4.56. The zero-order chi connectivity index (χ0) is 13.0. The molecule has 18 heavy (non-hydrogen) atoms. The van der Waals surface area contributed by atoms with Gasteiger partial charge in [0, 0.05) is 11.4 Å². The Bertz CT molecular complexity index is 401. The Hall–Kier alpha value is -0.580. The van der Waals surface area contributed by atoms with Crippen LogP contribution in [0.3, 0.4) is 0 Å². The molecule has 2 rings (SSSR count). The molecule has 1 aliphatic rings. The molecule has 0 aliphatic carbocycles. The highest BCUT2D eigenvalue weighted by Gasteiger charge is 2.25. The van der Waals surface area contributed by atoms with Gasteiger partial charge in [0.25, 0.3) is 0 Å². The standard InChI is InChI=1S/C13H19ClN2OS/c1-2-16(9-10-6-7-12(14)18-10)13(17)11-5-3-4-8-15-11/h6-7,11,15H,2-5,8-9H2,1H3/t11-/m0/s1. The molecular weight excluding hydrogens is 268 g/mol. The average Bonchev–Trinajstić information content (AvgIpc) is 2.82. The molecule has 0 spiro atoms. The first-order chi connectivity index (χ1) is 8.70. The Morgan fingerprint density at radius 3 is 2.94 bits per heavy atom. The average molecular weight is 287 g/mol. The first-order valence-corrected chi connectivity index (χ1v) is 7.66. The van der Waals surface area contributed by atoms with Crippen molar-refractivity contribution in [2.75, 3.05) is 13.1 Å². The maximum atomic E-state index is 12.4. The topological polar surface area (TPSA) is 32.3 Å². The molecule has 0 radical (unpaired) electrons. The molecule has 1 atom stereocenters. The van der Waals surface area contributed by atoms with E-state index in [2.05, 4.69) is 5.32 Å². The summed E-state index contributed by atoms with van der Waals surface area (Å²) in [6.07, 6.45) is 3.28. The van der Waals surface area contributed by atoms with Crippen molar-refractivity contribution < 1.29 is 4.79 Å². The molecule has 1 aliphatic heterocycles. The number of likely N-dealkylation sites (N-methyl/N-ethyl adjacent to an activating group) is 1. The predicted octanol–water partition coefficient (Wildman–Crippen LogP) is 2.89. The molecule has 1 amide bonds. The fraction of sp³-hybridized carbons (Fsp3) is 0.615. The normalized spacial score (nSPS) is 19.8. The van der Waals surface area contributed by atoms with E-state index in [1.54, 1.807) is 11.3 Å². The van der Waals surface area contributed by atoms with Gasteiger partial charge in [-0.05, 0) is 38.4 Å². The number of amides is 1. The number of hydrogen-bond donors (Lipinski definition) is 1. The molecule has 1 aromatic heterocycles. The quantitative estimate of drug-likeness (QED) is 0.923. The van der Waals surface area contributed by atoms with Crippen LogP contribution < -0.4 is 5.32 Å². The summed E-state index contributed by atoms with van der Waals surface area (Å²) in [5, 5.41) is 3.31. The molecule has 0 aromatic carbocycles. The Balaban J connectivity index is 1.96. The van der Waals surface area contributed by atoms with Gasteiger partial charge in [-0.2, -0.15) is 0 Å². The van der Waals surface area contributed by atoms with Crippen molar-refractivity contribution in [2.45, 2.75) is 38.8 Å². The van der Waals surface area contributed by atoms with E-state index < -0.39 is 0 Å². The minimum Gasteiger partial charge on any atom is -0.336 e. The van der Waals surface area contributed by atoms with Crippen LogP contribution in [-0.4, -0.2) is 29.9 Å². The van der Waals surface area contributed by atoms with E-state index >= 15 is 0 Å².